The Bertz CT molecular complexity index is 542. The van der Waals surface area contributed by atoms with E-state index in [1.807, 2.05) is 0 Å². The van der Waals surface area contributed by atoms with Gasteiger partial charge < -0.3 is 0 Å². The van der Waals surface area contributed by atoms with Crippen molar-refractivity contribution in [1.29, 1.82) is 0 Å². The van der Waals surface area contributed by atoms with Gasteiger partial charge in [0.2, 0.25) is 0 Å². The van der Waals surface area contributed by atoms with Gasteiger partial charge in [0, 0.05) is 12.2 Å². The highest BCUT2D eigenvalue weighted by Gasteiger charge is 2.24. The van der Waals surface area contributed by atoms with Crippen molar-refractivity contribution in [3.63, 3.8) is 0 Å². The van der Waals surface area contributed by atoms with E-state index in [9.17, 15) is 4.79 Å². The van der Waals surface area contributed by atoms with E-state index in [0.717, 1.165) is 12.8 Å². The summed E-state index contributed by atoms with van der Waals surface area (Å²) >= 11 is 0. The minimum absolute atomic E-state index is 0.0555. The van der Waals surface area contributed by atoms with Gasteiger partial charge in [-0.2, -0.15) is 0 Å². The van der Waals surface area contributed by atoms with Gasteiger partial charge in [-0.25, -0.2) is 4.98 Å². The van der Waals surface area contributed by atoms with Crippen LogP contribution in [-0.4, -0.2) is 14.5 Å². The van der Waals surface area contributed by atoms with Crippen LogP contribution < -0.4 is 5.56 Å². The zero-order chi connectivity index (χ0) is 9.54. The third kappa shape index (κ3) is 1.04. The van der Waals surface area contributed by atoms with Crippen molar-refractivity contribution in [1.82, 2.24) is 14.5 Å². The lowest BCUT2D eigenvalue weighted by molar-refractivity contribution is 0.698. The first-order valence-corrected chi connectivity index (χ1v) is 4.67. The molecule has 0 unspecified atom stereocenters. The van der Waals surface area contributed by atoms with Gasteiger partial charge >= 0.3 is 0 Å². The number of nitrogens with zero attached hydrogens (tertiary/aromatic N) is 3. The van der Waals surface area contributed by atoms with Crippen LogP contribution in [0.5, 0.6) is 0 Å². The minimum Gasteiger partial charge on any atom is -0.296 e. The molecule has 2 aromatic heterocycles. The van der Waals surface area contributed by atoms with E-state index in [-0.39, 0.29) is 5.56 Å². The van der Waals surface area contributed by atoms with Crippen molar-refractivity contribution >= 4 is 10.9 Å². The molecule has 1 aliphatic carbocycles. The van der Waals surface area contributed by atoms with E-state index in [0.29, 0.717) is 16.9 Å². The molecule has 0 radical (unpaired) electrons. The SMILES string of the molecule is O=c1c2ccncc2ncn1C1CC1. The average molecular weight is 187 g/mol. The number of pyridine rings is 1. The second-order valence-corrected chi connectivity index (χ2v) is 3.58. The highest BCUT2D eigenvalue weighted by Crippen LogP contribution is 2.33. The van der Waals surface area contributed by atoms with Crippen LogP contribution in [-0.2, 0) is 0 Å². The van der Waals surface area contributed by atoms with Crippen LogP contribution in [0.3, 0.4) is 0 Å². The zero-order valence-corrected chi connectivity index (χ0v) is 7.55. The van der Waals surface area contributed by atoms with Crippen molar-refractivity contribution in [2.45, 2.75) is 18.9 Å². The van der Waals surface area contributed by atoms with Gasteiger partial charge in [-0.3, -0.25) is 14.3 Å². The van der Waals surface area contributed by atoms with Crippen molar-refractivity contribution in [2.75, 3.05) is 0 Å². The van der Waals surface area contributed by atoms with E-state index in [1.54, 1.807) is 29.4 Å². The minimum atomic E-state index is 0.0555. The number of fused-ring (bicyclic) bond motifs is 1. The number of aromatic nitrogens is 3. The Morgan fingerprint density at radius 2 is 2.29 bits per heavy atom. The normalized spacial score (nSPS) is 16.0. The molecule has 0 spiro atoms. The monoisotopic (exact) mass is 187 g/mol. The summed E-state index contributed by atoms with van der Waals surface area (Å²) in [4.78, 5) is 20.0. The quantitative estimate of drug-likeness (QED) is 0.672. The highest BCUT2D eigenvalue weighted by molar-refractivity contribution is 5.75. The van der Waals surface area contributed by atoms with Gasteiger partial charge in [0.05, 0.1) is 23.4 Å². The Morgan fingerprint density at radius 1 is 1.43 bits per heavy atom. The fraction of sp³-hybridized carbons (Fsp3) is 0.300. The lowest BCUT2D eigenvalue weighted by Crippen LogP contribution is -2.19. The maximum atomic E-state index is 11.9. The van der Waals surface area contributed by atoms with Gasteiger partial charge in [0.15, 0.2) is 0 Å². The molecule has 1 saturated carbocycles. The summed E-state index contributed by atoms with van der Waals surface area (Å²) in [5, 5.41) is 0.661. The summed E-state index contributed by atoms with van der Waals surface area (Å²) < 4.78 is 1.72. The summed E-state index contributed by atoms with van der Waals surface area (Å²) in [6, 6.07) is 2.11. The zero-order valence-electron chi connectivity index (χ0n) is 7.55. The summed E-state index contributed by atoms with van der Waals surface area (Å²) in [5.74, 6) is 0. The standard InChI is InChI=1S/C10H9N3O/c14-10-8-3-4-11-5-9(8)12-6-13(10)7-1-2-7/h3-7H,1-2H2. The van der Waals surface area contributed by atoms with Crippen LogP contribution in [0.4, 0.5) is 0 Å². The maximum Gasteiger partial charge on any atom is 0.261 e. The van der Waals surface area contributed by atoms with Crippen LogP contribution in [0, 0.1) is 0 Å². The van der Waals surface area contributed by atoms with Crippen LogP contribution >= 0.6 is 0 Å². The second kappa shape index (κ2) is 2.64. The Hall–Kier alpha value is -1.71. The topological polar surface area (TPSA) is 47.8 Å². The third-order valence-corrected chi connectivity index (χ3v) is 2.53. The lowest BCUT2D eigenvalue weighted by atomic mass is 10.3. The molecule has 4 nitrogen and oxygen atoms in total. The van der Waals surface area contributed by atoms with Crippen molar-refractivity contribution in [2.24, 2.45) is 0 Å². The molecule has 4 heteroatoms. The molecule has 0 bridgehead atoms. The summed E-state index contributed by atoms with van der Waals surface area (Å²) in [5.41, 5.74) is 0.731. The number of rotatable bonds is 1. The first kappa shape index (κ1) is 7.67. The largest absolute Gasteiger partial charge is 0.296 e. The predicted octanol–water partition coefficient (Wildman–Crippen LogP) is 1.13. The molecular formula is C10H9N3O. The van der Waals surface area contributed by atoms with Crippen LogP contribution in [0.15, 0.2) is 29.6 Å². The van der Waals surface area contributed by atoms with E-state index < -0.39 is 0 Å². The first-order chi connectivity index (χ1) is 6.86. The molecule has 0 atom stereocenters. The molecule has 0 amide bonds. The van der Waals surface area contributed by atoms with Crippen molar-refractivity contribution in [3.8, 4) is 0 Å². The molecular weight excluding hydrogens is 178 g/mol. The summed E-state index contributed by atoms with van der Waals surface area (Å²) in [7, 11) is 0. The van der Waals surface area contributed by atoms with Gasteiger partial charge in [0.1, 0.15) is 0 Å². The number of hydrogen-bond acceptors (Lipinski definition) is 3. The fourth-order valence-corrected chi connectivity index (χ4v) is 1.60. The molecule has 2 aromatic rings. The van der Waals surface area contributed by atoms with Gasteiger partial charge in [-0.1, -0.05) is 0 Å². The molecule has 2 heterocycles. The van der Waals surface area contributed by atoms with E-state index >= 15 is 0 Å². The molecule has 0 aliphatic heterocycles. The lowest BCUT2D eigenvalue weighted by Gasteiger charge is -2.02. The van der Waals surface area contributed by atoms with E-state index in [2.05, 4.69) is 9.97 Å². The Morgan fingerprint density at radius 3 is 3.07 bits per heavy atom. The van der Waals surface area contributed by atoms with Gasteiger partial charge in [0.25, 0.3) is 5.56 Å². The molecule has 3 rings (SSSR count). The average Bonchev–Trinajstić information content (AvgIpc) is 3.03. The molecule has 0 N–H and O–H groups in total. The van der Waals surface area contributed by atoms with Crippen molar-refractivity contribution < 1.29 is 0 Å². The van der Waals surface area contributed by atoms with Gasteiger partial charge in [-0.05, 0) is 18.9 Å². The molecule has 1 fully saturated rings. The highest BCUT2D eigenvalue weighted by atomic mass is 16.1. The van der Waals surface area contributed by atoms with E-state index in [1.165, 1.54) is 0 Å². The third-order valence-electron chi connectivity index (χ3n) is 2.53. The Balaban J connectivity index is 2.36. The molecule has 1 aliphatic rings. The van der Waals surface area contributed by atoms with Crippen LogP contribution in [0.2, 0.25) is 0 Å². The maximum absolute atomic E-state index is 11.9. The van der Waals surface area contributed by atoms with Crippen molar-refractivity contribution in [3.05, 3.63) is 35.1 Å². The Labute approximate surface area is 80.2 Å². The molecule has 0 saturated heterocycles. The first-order valence-electron chi connectivity index (χ1n) is 4.67. The smallest absolute Gasteiger partial charge is 0.261 e. The molecule has 70 valence electrons. The molecule has 0 aromatic carbocycles. The second-order valence-electron chi connectivity index (χ2n) is 3.58. The van der Waals surface area contributed by atoms with Gasteiger partial charge in [-0.15, -0.1) is 0 Å². The number of hydrogen-bond donors (Lipinski definition) is 0. The van der Waals surface area contributed by atoms with E-state index in [4.69, 9.17) is 0 Å². The Kier molecular flexibility index (Phi) is 1.45. The summed E-state index contributed by atoms with van der Waals surface area (Å²) in [6.45, 7) is 0. The van der Waals surface area contributed by atoms with Crippen LogP contribution in [0.1, 0.15) is 18.9 Å². The van der Waals surface area contributed by atoms with Crippen LogP contribution in [0.25, 0.3) is 10.9 Å². The summed E-state index contributed by atoms with van der Waals surface area (Å²) in [6.07, 6.45) is 7.07. The fourth-order valence-electron chi connectivity index (χ4n) is 1.60. The molecule has 14 heavy (non-hydrogen) atoms. The predicted molar refractivity (Wildman–Crippen MR) is 52.1 cm³/mol.